The van der Waals surface area contributed by atoms with Crippen LogP contribution in [0.1, 0.15) is 18.4 Å². The summed E-state index contributed by atoms with van der Waals surface area (Å²) < 4.78 is 11.1. The summed E-state index contributed by atoms with van der Waals surface area (Å²) in [6.07, 6.45) is 2.18. The molecule has 2 rings (SSSR count). The molecule has 1 aromatic carbocycles. The first-order valence-electron chi connectivity index (χ1n) is 7.19. The largest absolute Gasteiger partial charge is 0.492 e. The van der Waals surface area contributed by atoms with E-state index in [-0.39, 0.29) is 5.84 Å². The minimum absolute atomic E-state index is 0.0980. The van der Waals surface area contributed by atoms with Gasteiger partial charge in [-0.3, -0.25) is 4.90 Å². The van der Waals surface area contributed by atoms with Crippen LogP contribution in [0, 0.1) is 0 Å². The van der Waals surface area contributed by atoms with Crippen molar-refractivity contribution in [3.05, 3.63) is 29.8 Å². The van der Waals surface area contributed by atoms with Crippen molar-refractivity contribution in [1.82, 2.24) is 4.90 Å². The van der Waals surface area contributed by atoms with Gasteiger partial charge in [0.1, 0.15) is 12.4 Å². The van der Waals surface area contributed by atoms with Crippen LogP contribution in [0.3, 0.4) is 0 Å². The second-order valence-corrected chi connectivity index (χ2v) is 5.18. The quantitative estimate of drug-likeness (QED) is 0.357. The summed E-state index contributed by atoms with van der Waals surface area (Å²) in [5.74, 6) is 0.880. The third-order valence-corrected chi connectivity index (χ3v) is 3.78. The molecule has 1 saturated heterocycles. The van der Waals surface area contributed by atoms with Gasteiger partial charge in [-0.05, 0) is 44.2 Å². The SMILES string of the molecule is CN(CCOc1ccc(C(N)=NO)cc1)C1CCOCC1. The summed E-state index contributed by atoms with van der Waals surface area (Å²) in [6.45, 7) is 3.22. The van der Waals surface area contributed by atoms with Crippen LogP contribution < -0.4 is 10.5 Å². The van der Waals surface area contributed by atoms with Crippen molar-refractivity contribution in [3.63, 3.8) is 0 Å². The molecule has 0 spiro atoms. The van der Waals surface area contributed by atoms with Crippen LogP contribution in [0.4, 0.5) is 0 Å². The molecule has 0 aromatic heterocycles. The summed E-state index contributed by atoms with van der Waals surface area (Å²) in [4.78, 5) is 2.33. The van der Waals surface area contributed by atoms with Gasteiger partial charge in [-0.15, -0.1) is 0 Å². The van der Waals surface area contributed by atoms with E-state index in [4.69, 9.17) is 20.4 Å². The molecule has 0 unspecified atom stereocenters. The third-order valence-electron chi connectivity index (χ3n) is 3.78. The molecule has 1 aromatic rings. The summed E-state index contributed by atoms with van der Waals surface area (Å²) in [5, 5.41) is 11.6. The Kier molecular flexibility index (Phi) is 5.83. The van der Waals surface area contributed by atoms with E-state index in [9.17, 15) is 0 Å². The molecule has 116 valence electrons. The Bertz CT molecular complexity index is 456. The van der Waals surface area contributed by atoms with Crippen LogP contribution in [0.15, 0.2) is 29.4 Å². The highest BCUT2D eigenvalue weighted by Gasteiger charge is 2.17. The molecule has 6 nitrogen and oxygen atoms in total. The maximum absolute atomic E-state index is 8.60. The first-order chi connectivity index (χ1) is 10.2. The molecule has 1 heterocycles. The van der Waals surface area contributed by atoms with Gasteiger partial charge in [0.2, 0.25) is 0 Å². The Morgan fingerprint density at radius 1 is 1.38 bits per heavy atom. The highest BCUT2D eigenvalue weighted by Crippen LogP contribution is 2.14. The average Bonchev–Trinajstić information content (AvgIpc) is 2.55. The first kappa shape index (κ1) is 15.6. The van der Waals surface area contributed by atoms with Gasteiger partial charge >= 0.3 is 0 Å². The third kappa shape index (κ3) is 4.61. The number of likely N-dealkylation sites (N-methyl/N-ethyl adjacent to an activating group) is 1. The van der Waals surface area contributed by atoms with Gasteiger partial charge in [-0.2, -0.15) is 0 Å². The van der Waals surface area contributed by atoms with Crippen molar-refractivity contribution < 1.29 is 14.7 Å². The molecule has 0 aliphatic carbocycles. The minimum atomic E-state index is 0.0980. The lowest BCUT2D eigenvalue weighted by Crippen LogP contribution is -2.38. The molecule has 21 heavy (non-hydrogen) atoms. The topological polar surface area (TPSA) is 80.3 Å². The predicted molar refractivity (Wildman–Crippen MR) is 80.9 cm³/mol. The number of rotatable bonds is 6. The predicted octanol–water partition coefficient (Wildman–Crippen LogP) is 1.27. The average molecular weight is 293 g/mol. The zero-order valence-corrected chi connectivity index (χ0v) is 12.4. The zero-order valence-electron chi connectivity index (χ0n) is 12.4. The molecule has 6 heteroatoms. The highest BCUT2D eigenvalue weighted by molar-refractivity contribution is 5.97. The smallest absolute Gasteiger partial charge is 0.170 e. The number of nitrogens with zero attached hydrogens (tertiary/aromatic N) is 2. The van der Waals surface area contributed by atoms with Crippen LogP contribution in [-0.4, -0.2) is 55.4 Å². The molecule has 0 atom stereocenters. The summed E-state index contributed by atoms with van der Waals surface area (Å²) in [7, 11) is 2.13. The van der Waals surface area contributed by atoms with Gasteiger partial charge in [0.25, 0.3) is 0 Å². The lowest BCUT2D eigenvalue weighted by molar-refractivity contribution is 0.0392. The summed E-state index contributed by atoms with van der Waals surface area (Å²) in [6, 6.07) is 7.77. The van der Waals surface area contributed by atoms with Crippen molar-refractivity contribution in [2.24, 2.45) is 10.9 Å². The number of ether oxygens (including phenoxy) is 2. The molecule has 0 radical (unpaired) electrons. The van der Waals surface area contributed by atoms with E-state index < -0.39 is 0 Å². The normalized spacial score (nSPS) is 17.1. The van der Waals surface area contributed by atoms with Crippen molar-refractivity contribution >= 4 is 5.84 Å². The fourth-order valence-corrected chi connectivity index (χ4v) is 2.40. The molecular weight excluding hydrogens is 270 g/mol. The summed E-state index contributed by atoms with van der Waals surface area (Å²) >= 11 is 0. The molecule has 1 fully saturated rings. The van der Waals surface area contributed by atoms with Gasteiger partial charge in [0.15, 0.2) is 5.84 Å². The van der Waals surface area contributed by atoms with E-state index in [0.29, 0.717) is 18.2 Å². The molecule has 3 N–H and O–H groups in total. The van der Waals surface area contributed by atoms with E-state index in [0.717, 1.165) is 38.3 Å². The monoisotopic (exact) mass is 293 g/mol. The second kappa shape index (κ2) is 7.85. The Balaban J connectivity index is 1.75. The maximum atomic E-state index is 8.60. The molecular formula is C15H23N3O3. The standard InChI is InChI=1S/C15H23N3O3/c1-18(13-6-9-20-10-7-13)8-11-21-14-4-2-12(3-5-14)15(16)17-19/h2-5,13,19H,6-11H2,1H3,(H2,16,17). The Hall–Kier alpha value is -1.79. The van der Waals surface area contributed by atoms with Crippen LogP contribution >= 0.6 is 0 Å². The fraction of sp³-hybridized carbons (Fsp3) is 0.533. The first-order valence-corrected chi connectivity index (χ1v) is 7.19. The van der Waals surface area contributed by atoms with E-state index in [1.54, 1.807) is 12.1 Å². The maximum Gasteiger partial charge on any atom is 0.170 e. The lowest BCUT2D eigenvalue weighted by atomic mass is 10.1. The van der Waals surface area contributed by atoms with Gasteiger partial charge in [-0.25, -0.2) is 0 Å². The highest BCUT2D eigenvalue weighted by atomic mass is 16.5. The number of oxime groups is 1. The van der Waals surface area contributed by atoms with Gasteiger partial charge < -0.3 is 20.4 Å². The Morgan fingerprint density at radius 3 is 2.67 bits per heavy atom. The molecule has 1 aliphatic heterocycles. The number of hydrogen-bond acceptors (Lipinski definition) is 5. The van der Waals surface area contributed by atoms with Gasteiger partial charge in [0, 0.05) is 31.4 Å². The Labute approximate surface area is 125 Å². The molecule has 0 saturated carbocycles. The minimum Gasteiger partial charge on any atom is -0.492 e. The van der Waals surface area contributed by atoms with E-state index in [1.165, 1.54) is 0 Å². The number of benzene rings is 1. The van der Waals surface area contributed by atoms with Gasteiger partial charge in [-0.1, -0.05) is 5.16 Å². The lowest BCUT2D eigenvalue weighted by Gasteiger charge is -2.31. The number of amidine groups is 1. The van der Waals surface area contributed by atoms with Crippen molar-refractivity contribution in [2.45, 2.75) is 18.9 Å². The van der Waals surface area contributed by atoms with Crippen LogP contribution in [0.2, 0.25) is 0 Å². The van der Waals surface area contributed by atoms with E-state index in [2.05, 4.69) is 17.1 Å². The number of nitrogens with two attached hydrogens (primary N) is 1. The van der Waals surface area contributed by atoms with Crippen LogP contribution in [-0.2, 0) is 4.74 Å². The molecule has 0 amide bonds. The van der Waals surface area contributed by atoms with E-state index >= 15 is 0 Å². The van der Waals surface area contributed by atoms with Crippen molar-refractivity contribution in [1.29, 1.82) is 0 Å². The van der Waals surface area contributed by atoms with Crippen molar-refractivity contribution in [3.8, 4) is 5.75 Å². The Morgan fingerprint density at radius 2 is 2.05 bits per heavy atom. The zero-order chi connectivity index (χ0) is 15.1. The fourth-order valence-electron chi connectivity index (χ4n) is 2.40. The van der Waals surface area contributed by atoms with E-state index in [1.807, 2.05) is 12.1 Å². The second-order valence-electron chi connectivity index (χ2n) is 5.18. The molecule has 1 aliphatic rings. The summed E-state index contributed by atoms with van der Waals surface area (Å²) in [5.41, 5.74) is 6.18. The van der Waals surface area contributed by atoms with Crippen molar-refractivity contribution in [2.75, 3.05) is 33.4 Å². The van der Waals surface area contributed by atoms with Gasteiger partial charge in [0.05, 0.1) is 0 Å². The number of hydrogen-bond donors (Lipinski definition) is 2. The van der Waals surface area contributed by atoms with Crippen LogP contribution in [0.5, 0.6) is 5.75 Å². The van der Waals surface area contributed by atoms with Crippen LogP contribution in [0.25, 0.3) is 0 Å². The molecule has 0 bridgehead atoms.